The minimum absolute atomic E-state index is 0.150. The molecule has 0 radical (unpaired) electrons. The van der Waals surface area contributed by atoms with Gasteiger partial charge in [0.1, 0.15) is 11.5 Å². The van der Waals surface area contributed by atoms with Crippen molar-refractivity contribution in [2.75, 3.05) is 0 Å². The Morgan fingerprint density at radius 3 is 2.32 bits per heavy atom. The summed E-state index contributed by atoms with van der Waals surface area (Å²) in [5.74, 6) is 0.0885. The van der Waals surface area contributed by atoms with Crippen molar-refractivity contribution in [2.45, 2.75) is 13.3 Å². The molecule has 0 aliphatic carbocycles. The van der Waals surface area contributed by atoms with Gasteiger partial charge < -0.3 is 9.84 Å². The van der Waals surface area contributed by atoms with Crippen molar-refractivity contribution < 1.29 is 14.6 Å². The summed E-state index contributed by atoms with van der Waals surface area (Å²) in [6.07, 6.45) is 0.708. The lowest BCUT2D eigenvalue weighted by Crippen LogP contribution is -2.08. The standard InChI is InChI=1S/C19H16O3/c1-2-14-15-10-6-7-11-16(15)18(12-17(14)20)22-19(21)13-8-4-3-5-9-13/h3-12,20H,2H2,1H3. The largest absolute Gasteiger partial charge is 0.508 e. The van der Waals surface area contributed by atoms with E-state index in [9.17, 15) is 9.90 Å². The molecule has 0 aliphatic heterocycles. The fraction of sp³-hybridized carbons (Fsp3) is 0.105. The number of phenolic OH excluding ortho intramolecular Hbond substituents is 1. The molecule has 3 heteroatoms. The Hall–Kier alpha value is -2.81. The molecule has 3 aromatic rings. The van der Waals surface area contributed by atoms with Crippen molar-refractivity contribution in [3.63, 3.8) is 0 Å². The fourth-order valence-corrected chi connectivity index (χ4v) is 2.58. The number of esters is 1. The summed E-state index contributed by atoms with van der Waals surface area (Å²) in [6, 6.07) is 17.9. The van der Waals surface area contributed by atoms with Crippen LogP contribution in [0.4, 0.5) is 0 Å². The SMILES string of the molecule is CCc1c(O)cc(OC(=O)c2ccccc2)c2ccccc12. The fourth-order valence-electron chi connectivity index (χ4n) is 2.58. The zero-order valence-electron chi connectivity index (χ0n) is 12.2. The van der Waals surface area contributed by atoms with E-state index in [-0.39, 0.29) is 5.75 Å². The van der Waals surface area contributed by atoms with Gasteiger partial charge in [-0.2, -0.15) is 0 Å². The van der Waals surface area contributed by atoms with E-state index in [1.54, 1.807) is 24.3 Å². The van der Waals surface area contributed by atoms with Crippen LogP contribution in [0.3, 0.4) is 0 Å². The van der Waals surface area contributed by atoms with Gasteiger partial charge in [-0.3, -0.25) is 0 Å². The molecule has 0 spiro atoms. The number of hydrogen-bond acceptors (Lipinski definition) is 3. The van der Waals surface area contributed by atoms with Crippen LogP contribution in [-0.2, 0) is 6.42 Å². The number of ether oxygens (including phenoxy) is 1. The molecule has 0 saturated heterocycles. The number of carbonyl (C=O) groups excluding carboxylic acids is 1. The van der Waals surface area contributed by atoms with Crippen LogP contribution in [0, 0.1) is 0 Å². The lowest BCUT2D eigenvalue weighted by Gasteiger charge is -2.12. The third-order valence-corrected chi connectivity index (χ3v) is 3.66. The summed E-state index contributed by atoms with van der Waals surface area (Å²) in [7, 11) is 0. The number of benzene rings is 3. The van der Waals surface area contributed by atoms with E-state index in [1.165, 1.54) is 6.07 Å². The van der Waals surface area contributed by atoms with Crippen LogP contribution in [0.2, 0.25) is 0 Å². The van der Waals surface area contributed by atoms with Crippen molar-refractivity contribution >= 4 is 16.7 Å². The lowest BCUT2D eigenvalue weighted by molar-refractivity contribution is 0.0737. The minimum Gasteiger partial charge on any atom is -0.508 e. The van der Waals surface area contributed by atoms with Crippen molar-refractivity contribution in [3.05, 3.63) is 71.8 Å². The van der Waals surface area contributed by atoms with Gasteiger partial charge >= 0.3 is 5.97 Å². The zero-order valence-corrected chi connectivity index (χ0v) is 12.2. The van der Waals surface area contributed by atoms with Crippen molar-refractivity contribution in [2.24, 2.45) is 0 Å². The van der Waals surface area contributed by atoms with Crippen molar-refractivity contribution in [1.82, 2.24) is 0 Å². The predicted molar refractivity (Wildman–Crippen MR) is 86.4 cm³/mol. The Morgan fingerprint density at radius 2 is 1.64 bits per heavy atom. The topological polar surface area (TPSA) is 46.5 Å². The van der Waals surface area contributed by atoms with Gasteiger partial charge in [-0.15, -0.1) is 0 Å². The molecule has 110 valence electrons. The maximum absolute atomic E-state index is 12.2. The summed E-state index contributed by atoms with van der Waals surface area (Å²) >= 11 is 0. The molecule has 0 heterocycles. The van der Waals surface area contributed by atoms with E-state index in [0.717, 1.165) is 16.3 Å². The van der Waals surface area contributed by atoms with E-state index < -0.39 is 5.97 Å². The normalized spacial score (nSPS) is 10.6. The molecular weight excluding hydrogens is 276 g/mol. The van der Waals surface area contributed by atoms with E-state index in [0.29, 0.717) is 17.7 Å². The second-order valence-corrected chi connectivity index (χ2v) is 5.03. The maximum atomic E-state index is 12.2. The first-order chi connectivity index (χ1) is 10.7. The highest BCUT2D eigenvalue weighted by Gasteiger charge is 2.14. The number of phenols is 1. The van der Waals surface area contributed by atoms with Crippen molar-refractivity contribution in [1.29, 1.82) is 0 Å². The van der Waals surface area contributed by atoms with Crippen LogP contribution >= 0.6 is 0 Å². The summed E-state index contributed by atoms with van der Waals surface area (Å²) in [6.45, 7) is 1.98. The van der Waals surface area contributed by atoms with Crippen LogP contribution in [0.15, 0.2) is 60.7 Å². The van der Waals surface area contributed by atoms with E-state index >= 15 is 0 Å². The number of fused-ring (bicyclic) bond motifs is 1. The van der Waals surface area contributed by atoms with Crippen molar-refractivity contribution in [3.8, 4) is 11.5 Å². The second-order valence-electron chi connectivity index (χ2n) is 5.03. The first-order valence-corrected chi connectivity index (χ1v) is 7.21. The maximum Gasteiger partial charge on any atom is 0.343 e. The van der Waals surface area contributed by atoms with Gasteiger partial charge in [0.15, 0.2) is 0 Å². The van der Waals surface area contributed by atoms with Gasteiger partial charge in [0.2, 0.25) is 0 Å². The second kappa shape index (κ2) is 5.90. The highest BCUT2D eigenvalue weighted by atomic mass is 16.5. The van der Waals surface area contributed by atoms with Gasteiger partial charge in [0.05, 0.1) is 5.56 Å². The van der Waals surface area contributed by atoms with E-state index in [2.05, 4.69) is 0 Å². The molecule has 0 amide bonds. The molecule has 0 aromatic heterocycles. The van der Waals surface area contributed by atoms with Gasteiger partial charge in [-0.25, -0.2) is 4.79 Å². The van der Waals surface area contributed by atoms with Gasteiger partial charge in [-0.1, -0.05) is 49.4 Å². The average molecular weight is 292 g/mol. The monoisotopic (exact) mass is 292 g/mol. The Kier molecular flexibility index (Phi) is 3.79. The molecule has 0 atom stereocenters. The van der Waals surface area contributed by atoms with Crippen LogP contribution in [-0.4, -0.2) is 11.1 Å². The Balaban J connectivity index is 2.06. The Morgan fingerprint density at radius 1 is 1.00 bits per heavy atom. The highest BCUT2D eigenvalue weighted by Crippen LogP contribution is 2.35. The van der Waals surface area contributed by atoms with Crippen LogP contribution in [0.5, 0.6) is 11.5 Å². The molecule has 0 fully saturated rings. The quantitative estimate of drug-likeness (QED) is 0.577. The summed E-state index contributed by atoms with van der Waals surface area (Å²) in [4.78, 5) is 12.2. The van der Waals surface area contributed by atoms with Crippen LogP contribution in [0.25, 0.3) is 10.8 Å². The molecular formula is C19H16O3. The highest BCUT2D eigenvalue weighted by molar-refractivity contribution is 5.97. The first kappa shape index (κ1) is 14.1. The smallest absolute Gasteiger partial charge is 0.343 e. The Bertz CT molecular complexity index is 823. The van der Waals surface area contributed by atoms with Crippen LogP contribution in [0.1, 0.15) is 22.8 Å². The molecule has 0 aliphatic rings. The summed E-state index contributed by atoms with van der Waals surface area (Å²) in [5.41, 5.74) is 1.33. The molecule has 0 unspecified atom stereocenters. The lowest BCUT2D eigenvalue weighted by atomic mass is 10.0. The average Bonchev–Trinajstić information content (AvgIpc) is 2.56. The van der Waals surface area contributed by atoms with E-state index in [1.807, 2.05) is 37.3 Å². The summed E-state index contributed by atoms with van der Waals surface area (Å²) in [5, 5.41) is 11.9. The minimum atomic E-state index is -0.436. The molecule has 0 bridgehead atoms. The number of hydrogen-bond donors (Lipinski definition) is 1. The Labute approximate surface area is 128 Å². The predicted octanol–water partition coefficient (Wildman–Crippen LogP) is 4.33. The number of carbonyl (C=O) groups is 1. The molecule has 22 heavy (non-hydrogen) atoms. The number of aromatic hydroxyl groups is 1. The zero-order chi connectivity index (χ0) is 15.5. The number of aryl methyl sites for hydroxylation is 1. The third-order valence-electron chi connectivity index (χ3n) is 3.66. The van der Waals surface area contributed by atoms with Crippen LogP contribution < -0.4 is 4.74 Å². The van der Waals surface area contributed by atoms with Gasteiger partial charge in [-0.05, 0) is 23.9 Å². The molecule has 3 aromatic carbocycles. The molecule has 0 saturated carbocycles. The molecule has 3 rings (SSSR count). The number of rotatable bonds is 3. The van der Waals surface area contributed by atoms with Gasteiger partial charge in [0.25, 0.3) is 0 Å². The van der Waals surface area contributed by atoms with Gasteiger partial charge in [0, 0.05) is 17.0 Å². The first-order valence-electron chi connectivity index (χ1n) is 7.21. The van der Waals surface area contributed by atoms with E-state index in [4.69, 9.17) is 4.74 Å². The molecule has 1 N–H and O–H groups in total. The summed E-state index contributed by atoms with van der Waals surface area (Å²) < 4.78 is 5.50. The molecule has 3 nitrogen and oxygen atoms in total. The third kappa shape index (κ3) is 2.53.